The fraction of sp³-hybridized carbons (Fsp3) is 0.222. The van der Waals surface area contributed by atoms with Gasteiger partial charge >= 0.3 is 0 Å². The Morgan fingerprint density at radius 2 is 1.75 bits per heavy atom. The first kappa shape index (κ1) is 17.6. The topological polar surface area (TPSA) is 58.2 Å². The predicted octanol–water partition coefficient (Wildman–Crippen LogP) is 3.72. The lowest BCUT2D eigenvalue weighted by atomic mass is 10.1. The molecular weight excluding hydrogens is 314 g/mol. The summed E-state index contributed by atoms with van der Waals surface area (Å²) in [5.41, 5.74) is 2.20. The lowest BCUT2D eigenvalue weighted by molar-refractivity contribution is -0.114. The predicted molar refractivity (Wildman–Crippen MR) is 87.7 cm³/mol. The van der Waals surface area contributed by atoms with Gasteiger partial charge in [0.1, 0.15) is 0 Å². The van der Waals surface area contributed by atoms with E-state index >= 15 is 0 Å². The molecule has 1 unspecified atom stereocenters. The van der Waals surface area contributed by atoms with Crippen LogP contribution in [0.5, 0.6) is 0 Å². The van der Waals surface area contributed by atoms with E-state index in [0.29, 0.717) is 16.8 Å². The number of hydrogen-bond acceptors (Lipinski definition) is 2. The van der Waals surface area contributed by atoms with Crippen LogP contribution < -0.4 is 10.6 Å². The number of anilines is 1. The second-order valence-corrected chi connectivity index (χ2v) is 5.58. The van der Waals surface area contributed by atoms with Gasteiger partial charge in [-0.05, 0) is 49.2 Å². The normalized spacial score (nSPS) is 11.7. The van der Waals surface area contributed by atoms with Gasteiger partial charge in [-0.3, -0.25) is 9.59 Å². The summed E-state index contributed by atoms with van der Waals surface area (Å²) in [5, 5.41) is 5.38. The Morgan fingerprint density at radius 3 is 2.38 bits per heavy atom. The van der Waals surface area contributed by atoms with E-state index in [4.69, 9.17) is 0 Å². The Balaban J connectivity index is 2.16. The average Bonchev–Trinajstić information content (AvgIpc) is 2.51. The minimum Gasteiger partial charge on any atom is -0.346 e. The van der Waals surface area contributed by atoms with Crippen molar-refractivity contribution in [1.82, 2.24) is 5.32 Å². The largest absolute Gasteiger partial charge is 0.346 e. The van der Waals surface area contributed by atoms with Crippen LogP contribution in [0, 0.1) is 18.6 Å². The molecule has 0 aliphatic rings. The quantitative estimate of drug-likeness (QED) is 0.896. The highest BCUT2D eigenvalue weighted by Gasteiger charge is 2.14. The first-order chi connectivity index (χ1) is 11.3. The smallest absolute Gasteiger partial charge is 0.251 e. The van der Waals surface area contributed by atoms with Crippen molar-refractivity contribution in [1.29, 1.82) is 0 Å². The second-order valence-electron chi connectivity index (χ2n) is 5.58. The molecule has 0 aromatic heterocycles. The molecule has 2 aromatic rings. The molecule has 6 heteroatoms. The van der Waals surface area contributed by atoms with Gasteiger partial charge in [0.15, 0.2) is 11.6 Å². The standard InChI is InChI=1S/C18H18F2N2O2/c1-10-4-5-14(9-17(10)22-12(3)23)18(24)21-11(2)13-6-7-15(19)16(20)8-13/h4-9,11H,1-3H3,(H,21,24)(H,22,23). The summed E-state index contributed by atoms with van der Waals surface area (Å²) in [6, 6.07) is 7.92. The van der Waals surface area contributed by atoms with Crippen LogP contribution in [0.1, 0.15) is 41.4 Å². The highest BCUT2D eigenvalue weighted by molar-refractivity contribution is 5.97. The number of nitrogens with one attached hydrogen (secondary N) is 2. The van der Waals surface area contributed by atoms with Gasteiger partial charge in [-0.15, -0.1) is 0 Å². The third-order valence-electron chi connectivity index (χ3n) is 3.60. The number of hydrogen-bond donors (Lipinski definition) is 2. The maximum Gasteiger partial charge on any atom is 0.251 e. The first-order valence-corrected chi connectivity index (χ1v) is 7.42. The summed E-state index contributed by atoms with van der Waals surface area (Å²) >= 11 is 0. The van der Waals surface area contributed by atoms with Gasteiger partial charge in [-0.25, -0.2) is 8.78 Å². The van der Waals surface area contributed by atoms with Crippen molar-refractivity contribution >= 4 is 17.5 Å². The summed E-state index contributed by atoms with van der Waals surface area (Å²) in [7, 11) is 0. The van der Waals surface area contributed by atoms with Gasteiger partial charge in [0.25, 0.3) is 5.91 Å². The van der Waals surface area contributed by atoms with E-state index < -0.39 is 17.7 Å². The lowest BCUT2D eigenvalue weighted by Gasteiger charge is -2.15. The number of carbonyl (C=O) groups excluding carboxylic acids is 2. The highest BCUT2D eigenvalue weighted by atomic mass is 19.2. The highest BCUT2D eigenvalue weighted by Crippen LogP contribution is 2.19. The van der Waals surface area contributed by atoms with Crippen molar-refractivity contribution in [2.45, 2.75) is 26.8 Å². The van der Waals surface area contributed by atoms with Gasteiger partial charge < -0.3 is 10.6 Å². The van der Waals surface area contributed by atoms with E-state index in [2.05, 4.69) is 10.6 Å². The summed E-state index contributed by atoms with van der Waals surface area (Å²) in [6.07, 6.45) is 0. The van der Waals surface area contributed by atoms with Gasteiger partial charge in [-0.1, -0.05) is 12.1 Å². The van der Waals surface area contributed by atoms with Crippen LogP contribution in [0.2, 0.25) is 0 Å². The van der Waals surface area contributed by atoms with Crippen molar-refractivity contribution in [3.8, 4) is 0 Å². The summed E-state index contributed by atoms with van der Waals surface area (Å²) < 4.78 is 26.3. The van der Waals surface area contributed by atoms with Crippen molar-refractivity contribution in [2.75, 3.05) is 5.32 Å². The summed E-state index contributed by atoms with van der Waals surface area (Å²) in [4.78, 5) is 23.5. The van der Waals surface area contributed by atoms with Crippen molar-refractivity contribution in [3.63, 3.8) is 0 Å². The van der Waals surface area contributed by atoms with E-state index in [1.807, 2.05) is 6.92 Å². The minimum absolute atomic E-state index is 0.231. The molecule has 126 valence electrons. The molecule has 24 heavy (non-hydrogen) atoms. The summed E-state index contributed by atoms with van der Waals surface area (Å²) in [6.45, 7) is 4.88. The van der Waals surface area contributed by atoms with Crippen LogP contribution in [-0.2, 0) is 4.79 Å². The Kier molecular flexibility index (Phi) is 5.28. The van der Waals surface area contributed by atoms with Crippen LogP contribution in [0.25, 0.3) is 0 Å². The maximum atomic E-state index is 13.3. The Morgan fingerprint density at radius 1 is 1.04 bits per heavy atom. The second kappa shape index (κ2) is 7.21. The molecule has 0 aliphatic heterocycles. The molecule has 0 radical (unpaired) electrons. The molecule has 0 heterocycles. The molecule has 0 aliphatic carbocycles. The monoisotopic (exact) mass is 332 g/mol. The van der Waals surface area contributed by atoms with E-state index in [9.17, 15) is 18.4 Å². The number of aryl methyl sites for hydroxylation is 1. The molecule has 1 atom stereocenters. The van der Waals surface area contributed by atoms with Crippen molar-refractivity contribution in [3.05, 3.63) is 64.7 Å². The van der Waals surface area contributed by atoms with Crippen LogP contribution in [-0.4, -0.2) is 11.8 Å². The van der Waals surface area contributed by atoms with E-state index in [-0.39, 0.29) is 11.8 Å². The Labute approximate surface area is 138 Å². The van der Waals surface area contributed by atoms with Crippen molar-refractivity contribution in [2.24, 2.45) is 0 Å². The molecule has 0 saturated heterocycles. The molecule has 2 amide bonds. The summed E-state index contributed by atoms with van der Waals surface area (Å²) in [5.74, 6) is -2.50. The zero-order chi connectivity index (χ0) is 17.9. The minimum atomic E-state index is -0.961. The molecule has 0 spiro atoms. The molecule has 2 N–H and O–H groups in total. The zero-order valence-corrected chi connectivity index (χ0v) is 13.6. The molecule has 4 nitrogen and oxygen atoms in total. The SMILES string of the molecule is CC(=O)Nc1cc(C(=O)NC(C)c2ccc(F)c(F)c2)ccc1C. The van der Waals surface area contributed by atoms with Crippen LogP contribution in [0.4, 0.5) is 14.5 Å². The number of benzene rings is 2. The van der Waals surface area contributed by atoms with Gasteiger partial charge in [0, 0.05) is 18.2 Å². The van der Waals surface area contributed by atoms with Gasteiger partial charge in [0.2, 0.25) is 5.91 Å². The third kappa shape index (κ3) is 4.16. The van der Waals surface area contributed by atoms with Crippen molar-refractivity contribution < 1.29 is 18.4 Å². The molecular formula is C18H18F2N2O2. The fourth-order valence-electron chi connectivity index (χ4n) is 2.23. The fourth-order valence-corrected chi connectivity index (χ4v) is 2.23. The molecule has 0 saturated carbocycles. The maximum absolute atomic E-state index is 13.3. The zero-order valence-electron chi connectivity index (χ0n) is 13.6. The molecule has 0 fully saturated rings. The Hall–Kier alpha value is -2.76. The van der Waals surface area contributed by atoms with Gasteiger partial charge in [-0.2, -0.15) is 0 Å². The molecule has 2 aromatic carbocycles. The number of carbonyl (C=O) groups is 2. The molecule has 0 bridgehead atoms. The number of amides is 2. The average molecular weight is 332 g/mol. The van der Waals surface area contributed by atoms with Crippen LogP contribution in [0.3, 0.4) is 0 Å². The van der Waals surface area contributed by atoms with E-state index in [1.54, 1.807) is 25.1 Å². The number of rotatable bonds is 4. The molecule has 2 rings (SSSR count). The third-order valence-corrected chi connectivity index (χ3v) is 3.60. The van der Waals surface area contributed by atoms with E-state index in [1.165, 1.54) is 13.0 Å². The van der Waals surface area contributed by atoms with Crippen LogP contribution in [0.15, 0.2) is 36.4 Å². The van der Waals surface area contributed by atoms with Gasteiger partial charge in [0.05, 0.1) is 6.04 Å². The lowest BCUT2D eigenvalue weighted by Crippen LogP contribution is -2.27. The first-order valence-electron chi connectivity index (χ1n) is 7.42. The number of halogens is 2. The van der Waals surface area contributed by atoms with Crippen LogP contribution >= 0.6 is 0 Å². The Bertz CT molecular complexity index is 791. The van der Waals surface area contributed by atoms with E-state index in [0.717, 1.165) is 17.7 Å².